The van der Waals surface area contributed by atoms with Gasteiger partial charge in [-0.2, -0.15) is 0 Å². The topological polar surface area (TPSA) is 92.2 Å². The van der Waals surface area contributed by atoms with Crippen molar-refractivity contribution in [3.8, 4) is 0 Å². The lowest BCUT2D eigenvalue weighted by Gasteiger charge is -2.03. The number of halogens is 1. The third-order valence-corrected chi connectivity index (χ3v) is 3.41. The molecule has 0 fully saturated rings. The summed E-state index contributed by atoms with van der Waals surface area (Å²) in [7, 11) is 0. The van der Waals surface area contributed by atoms with Gasteiger partial charge in [0.25, 0.3) is 5.56 Å². The van der Waals surface area contributed by atoms with Crippen molar-refractivity contribution in [3.63, 3.8) is 0 Å². The van der Waals surface area contributed by atoms with Gasteiger partial charge >= 0.3 is 11.7 Å². The molecule has 18 heavy (non-hydrogen) atoms. The molecule has 2 N–H and O–H groups in total. The summed E-state index contributed by atoms with van der Waals surface area (Å²) in [4.78, 5) is 36.3. The Bertz CT molecular complexity index is 715. The second-order valence-corrected chi connectivity index (χ2v) is 5.24. The van der Waals surface area contributed by atoms with Crippen LogP contribution in [0.1, 0.15) is 15.2 Å². The normalized spacial score (nSPS) is 10.5. The summed E-state index contributed by atoms with van der Waals surface area (Å²) in [6.45, 7) is 0.160. The SMILES string of the molecule is O=C(O)c1cn(Cc2ccc(Cl)s2)c(=O)[nH]c1=O. The molecular formula is C10H7ClN2O4S. The van der Waals surface area contributed by atoms with Crippen molar-refractivity contribution in [3.05, 3.63) is 53.9 Å². The fraction of sp³-hybridized carbons (Fsp3) is 0.100. The maximum Gasteiger partial charge on any atom is 0.342 e. The number of carbonyl (C=O) groups is 1. The van der Waals surface area contributed by atoms with Crippen LogP contribution in [0.25, 0.3) is 0 Å². The largest absolute Gasteiger partial charge is 0.477 e. The molecule has 0 radical (unpaired) electrons. The lowest BCUT2D eigenvalue weighted by atomic mass is 10.3. The smallest absolute Gasteiger partial charge is 0.342 e. The molecule has 0 bridgehead atoms. The molecular weight excluding hydrogens is 280 g/mol. The lowest BCUT2D eigenvalue weighted by Crippen LogP contribution is -2.33. The standard InChI is InChI=1S/C10H7ClN2O4S/c11-7-2-1-5(18-7)3-13-4-6(9(15)16)8(14)12-10(13)17/h1-2,4H,3H2,(H,15,16)(H,12,14,17). The Labute approximate surface area is 109 Å². The summed E-state index contributed by atoms with van der Waals surface area (Å²) in [6, 6.07) is 3.40. The van der Waals surface area contributed by atoms with E-state index in [0.717, 1.165) is 15.6 Å². The van der Waals surface area contributed by atoms with E-state index in [4.69, 9.17) is 16.7 Å². The monoisotopic (exact) mass is 286 g/mol. The minimum absolute atomic E-state index is 0.160. The zero-order valence-corrected chi connectivity index (χ0v) is 10.4. The van der Waals surface area contributed by atoms with Crippen molar-refractivity contribution in [2.45, 2.75) is 6.54 Å². The van der Waals surface area contributed by atoms with Crippen LogP contribution in [-0.4, -0.2) is 20.6 Å². The van der Waals surface area contributed by atoms with Gasteiger partial charge in [-0.05, 0) is 12.1 Å². The second kappa shape index (κ2) is 4.79. The summed E-state index contributed by atoms with van der Waals surface area (Å²) < 4.78 is 1.69. The number of hydrogen-bond donors (Lipinski definition) is 2. The molecule has 2 heterocycles. The van der Waals surface area contributed by atoms with Gasteiger partial charge in [-0.25, -0.2) is 9.59 Å². The molecule has 0 unspecified atom stereocenters. The van der Waals surface area contributed by atoms with Gasteiger partial charge < -0.3 is 5.11 Å². The number of nitrogens with zero attached hydrogens (tertiary/aromatic N) is 1. The Morgan fingerprint density at radius 1 is 1.44 bits per heavy atom. The number of carboxylic acid groups (broad SMARTS) is 1. The fourth-order valence-corrected chi connectivity index (χ4v) is 2.47. The molecule has 0 amide bonds. The molecule has 2 rings (SSSR count). The molecule has 0 aromatic carbocycles. The zero-order valence-electron chi connectivity index (χ0n) is 8.84. The molecule has 94 valence electrons. The first-order chi connectivity index (χ1) is 8.47. The van der Waals surface area contributed by atoms with E-state index in [2.05, 4.69) is 0 Å². The summed E-state index contributed by atoms with van der Waals surface area (Å²) >= 11 is 7.03. The van der Waals surface area contributed by atoms with Crippen molar-refractivity contribution in [2.75, 3.05) is 0 Å². The third-order valence-electron chi connectivity index (χ3n) is 2.20. The molecule has 0 atom stereocenters. The maximum atomic E-state index is 11.5. The van der Waals surface area contributed by atoms with Crippen molar-refractivity contribution in [2.24, 2.45) is 0 Å². The number of aromatic carboxylic acids is 1. The quantitative estimate of drug-likeness (QED) is 0.880. The highest BCUT2D eigenvalue weighted by Gasteiger charge is 2.12. The van der Waals surface area contributed by atoms with Crippen LogP contribution < -0.4 is 11.2 Å². The Kier molecular flexibility index (Phi) is 3.35. The average Bonchev–Trinajstić information content (AvgIpc) is 2.67. The van der Waals surface area contributed by atoms with E-state index in [1.54, 1.807) is 12.1 Å². The number of thiophene rings is 1. The van der Waals surface area contributed by atoms with Gasteiger partial charge in [0.05, 0.1) is 10.9 Å². The number of rotatable bonds is 3. The number of carboxylic acids is 1. The number of aromatic nitrogens is 2. The van der Waals surface area contributed by atoms with Crippen molar-refractivity contribution in [1.82, 2.24) is 9.55 Å². The molecule has 0 saturated carbocycles. The molecule has 0 spiro atoms. The van der Waals surface area contributed by atoms with E-state index in [1.165, 1.54) is 11.3 Å². The van der Waals surface area contributed by atoms with Crippen LogP contribution in [0.15, 0.2) is 27.9 Å². The third kappa shape index (κ3) is 2.52. The highest BCUT2D eigenvalue weighted by atomic mass is 35.5. The van der Waals surface area contributed by atoms with Gasteiger partial charge in [-0.3, -0.25) is 14.3 Å². The maximum absolute atomic E-state index is 11.5. The Balaban J connectivity index is 2.45. The molecule has 2 aromatic heterocycles. The average molecular weight is 287 g/mol. The summed E-state index contributed by atoms with van der Waals surface area (Å²) in [5.41, 5.74) is -2.04. The molecule has 6 nitrogen and oxygen atoms in total. The minimum Gasteiger partial charge on any atom is -0.477 e. The number of H-pyrrole nitrogens is 1. The molecule has 2 aromatic rings. The van der Waals surface area contributed by atoms with Gasteiger partial charge in [0.15, 0.2) is 0 Å². The van der Waals surface area contributed by atoms with E-state index < -0.39 is 22.8 Å². The molecule has 0 aliphatic rings. The highest BCUT2D eigenvalue weighted by molar-refractivity contribution is 7.16. The molecule has 8 heteroatoms. The molecule has 0 aliphatic carbocycles. The summed E-state index contributed by atoms with van der Waals surface area (Å²) in [5, 5.41) is 8.80. The van der Waals surface area contributed by atoms with Crippen LogP contribution in [0.3, 0.4) is 0 Å². The van der Waals surface area contributed by atoms with Crippen LogP contribution in [-0.2, 0) is 6.54 Å². The second-order valence-electron chi connectivity index (χ2n) is 3.44. The number of hydrogen-bond acceptors (Lipinski definition) is 4. The van der Waals surface area contributed by atoms with Crippen molar-refractivity contribution in [1.29, 1.82) is 0 Å². The van der Waals surface area contributed by atoms with Crippen LogP contribution in [0, 0.1) is 0 Å². The minimum atomic E-state index is -1.38. The molecule has 0 saturated heterocycles. The van der Waals surface area contributed by atoms with Crippen LogP contribution >= 0.6 is 22.9 Å². The van der Waals surface area contributed by atoms with Gasteiger partial charge in [0, 0.05) is 11.1 Å². The predicted octanol–water partition coefficient (Wildman–Crippen LogP) is 0.998. The van der Waals surface area contributed by atoms with Crippen LogP contribution in [0.5, 0.6) is 0 Å². The Morgan fingerprint density at radius 3 is 2.72 bits per heavy atom. The van der Waals surface area contributed by atoms with Crippen molar-refractivity contribution < 1.29 is 9.90 Å². The Morgan fingerprint density at radius 2 is 2.17 bits per heavy atom. The molecule has 0 aliphatic heterocycles. The van der Waals surface area contributed by atoms with E-state index in [9.17, 15) is 14.4 Å². The van der Waals surface area contributed by atoms with E-state index in [-0.39, 0.29) is 6.54 Å². The first-order valence-corrected chi connectivity index (χ1v) is 5.98. The van der Waals surface area contributed by atoms with E-state index in [1.807, 2.05) is 4.98 Å². The van der Waals surface area contributed by atoms with Crippen LogP contribution in [0.4, 0.5) is 0 Å². The van der Waals surface area contributed by atoms with E-state index in [0.29, 0.717) is 4.34 Å². The first-order valence-electron chi connectivity index (χ1n) is 4.78. The lowest BCUT2D eigenvalue weighted by molar-refractivity contribution is 0.0693. The van der Waals surface area contributed by atoms with Crippen LogP contribution in [0.2, 0.25) is 4.34 Å². The highest BCUT2D eigenvalue weighted by Crippen LogP contribution is 2.21. The predicted molar refractivity (Wildman–Crippen MR) is 66.7 cm³/mol. The van der Waals surface area contributed by atoms with Crippen molar-refractivity contribution >= 4 is 28.9 Å². The Hall–Kier alpha value is -1.86. The summed E-state index contributed by atoms with van der Waals surface area (Å²) in [6.07, 6.45) is 1.02. The van der Waals surface area contributed by atoms with Gasteiger partial charge in [-0.1, -0.05) is 11.6 Å². The number of nitrogens with one attached hydrogen (secondary N) is 1. The number of aromatic amines is 1. The summed E-state index contributed by atoms with van der Waals surface area (Å²) in [5.74, 6) is -1.38. The fourth-order valence-electron chi connectivity index (χ4n) is 1.38. The first kappa shape index (κ1) is 12.6. The van der Waals surface area contributed by atoms with Gasteiger partial charge in [0.1, 0.15) is 5.56 Å². The van der Waals surface area contributed by atoms with Gasteiger partial charge in [0.2, 0.25) is 0 Å². The van der Waals surface area contributed by atoms with Gasteiger partial charge in [-0.15, -0.1) is 11.3 Å². The van der Waals surface area contributed by atoms with E-state index >= 15 is 0 Å². The zero-order chi connectivity index (χ0) is 13.3.